The van der Waals surface area contributed by atoms with E-state index in [1.807, 2.05) is 47.2 Å². The summed E-state index contributed by atoms with van der Waals surface area (Å²) in [7, 11) is 4.78. The largest absolute Gasteiger partial charge is 0.493 e. The minimum absolute atomic E-state index is 0.424. The predicted molar refractivity (Wildman–Crippen MR) is 132 cm³/mol. The zero-order chi connectivity index (χ0) is 23.7. The van der Waals surface area contributed by atoms with Crippen LogP contribution >= 0.6 is 0 Å². The summed E-state index contributed by atoms with van der Waals surface area (Å²) in [6.45, 7) is 3.19. The summed E-state index contributed by atoms with van der Waals surface area (Å²) in [5.41, 5.74) is 1.73. The summed E-state index contributed by atoms with van der Waals surface area (Å²) >= 11 is 0. The number of hydrogen-bond acceptors (Lipinski definition) is 8. The van der Waals surface area contributed by atoms with Crippen molar-refractivity contribution in [2.75, 3.05) is 38.1 Å². The molecule has 9 nitrogen and oxygen atoms in total. The fraction of sp³-hybridized carbons (Fsp3) is 0.320. The van der Waals surface area contributed by atoms with Gasteiger partial charge in [0.2, 0.25) is 11.7 Å². The second-order valence-corrected chi connectivity index (χ2v) is 8.25. The minimum Gasteiger partial charge on any atom is -0.493 e. The Hall–Kier alpha value is -4.01. The van der Waals surface area contributed by atoms with Gasteiger partial charge in [0.15, 0.2) is 11.5 Å². The molecule has 0 spiro atoms. The molecular formula is C25H28N6O3. The molecule has 1 aliphatic heterocycles. The lowest BCUT2D eigenvalue weighted by atomic mass is 10.2. The molecule has 0 radical (unpaired) electrons. The average Bonchev–Trinajstić information content (AvgIpc) is 3.52. The molecule has 9 heteroatoms. The standard InChI is InChI=1S/C25H28N6O3/c1-16-8-7-11-31(16)25-27-19-10-6-5-9-18(19)24(29-25)28-22-14-30(15-26-22)17-12-20(32-2)23(34-4)21(13-17)33-3/h5-6,9-10,12-16H,7-8,11H2,1-4H3,(H,27,28,29)/t16-/m1/s1. The molecule has 1 atom stereocenters. The third-order valence-electron chi connectivity index (χ3n) is 6.18. The minimum atomic E-state index is 0.424. The Morgan fingerprint density at radius 2 is 1.76 bits per heavy atom. The van der Waals surface area contributed by atoms with Crippen molar-refractivity contribution in [2.45, 2.75) is 25.8 Å². The zero-order valence-electron chi connectivity index (χ0n) is 19.8. The van der Waals surface area contributed by atoms with E-state index in [2.05, 4.69) is 22.1 Å². The molecule has 34 heavy (non-hydrogen) atoms. The highest BCUT2D eigenvalue weighted by atomic mass is 16.5. The Morgan fingerprint density at radius 3 is 2.44 bits per heavy atom. The van der Waals surface area contributed by atoms with Crippen molar-refractivity contribution in [3.63, 3.8) is 0 Å². The number of anilines is 3. The molecule has 1 N–H and O–H groups in total. The molecule has 3 heterocycles. The summed E-state index contributed by atoms with van der Waals surface area (Å²) in [6.07, 6.45) is 5.93. The van der Waals surface area contributed by atoms with Gasteiger partial charge in [-0.15, -0.1) is 0 Å². The summed E-state index contributed by atoms with van der Waals surface area (Å²) < 4.78 is 18.3. The quantitative estimate of drug-likeness (QED) is 0.429. The molecule has 1 aliphatic rings. The molecule has 1 fully saturated rings. The molecule has 4 aromatic rings. The van der Waals surface area contributed by atoms with Crippen LogP contribution in [0.3, 0.4) is 0 Å². The molecule has 0 aliphatic carbocycles. The molecule has 0 bridgehead atoms. The van der Waals surface area contributed by atoms with Gasteiger partial charge in [0.1, 0.15) is 18.0 Å². The van der Waals surface area contributed by atoms with Crippen LogP contribution in [0.15, 0.2) is 48.9 Å². The van der Waals surface area contributed by atoms with Crippen molar-refractivity contribution in [3.05, 3.63) is 48.9 Å². The maximum Gasteiger partial charge on any atom is 0.228 e. The van der Waals surface area contributed by atoms with E-state index in [1.165, 1.54) is 0 Å². The first-order valence-electron chi connectivity index (χ1n) is 11.3. The summed E-state index contributed by atoms with van der Waals surface area (Å²) in [4.78, 5) is 16.5. The molecule has 0 unspecified atom stereocenters. The molecule has 2 aromatic carbocycles. The second kappa shape index (κ2) is 9.09. The lowest BCUT2D eigenvalue weighted by Gasteiger charge is -2.22. The summed E-state index contributed by atoms with van der Waals surface area (Å²) in [5.74, 6) is 3.84. The van der Waals surface area contributed by atoms with Gasteiger partial charge in [0.05, 0.1) is 38.7 Å². The Labute approximate surface area is 198 Å². The van der Waals surface area contributed by atoms with E-state index < -0.39 is 0 Å². The number of ether oxygens (including phenoxy) is 3. The number of aromatic nitrogens is 4. The fourth-order valence-electron chi connectivity index (χ4n) is 4.38. The van der Waals surface area contributed by atoms with Crippen molar-refractivity contribution >= 4 is 28.5 Å². The smallest absolute Gasteiger partial charge is 0.228 e. The van der Waals surface area contributed by atoms with Gasteiger partial charge in [-0.3, -0.25) is 0 Å². The number of para-hydroxylation sites is 1. The van der Waals surface area contributed by atoms with Gasteiger partial charge < -0.3 is 29.0 Å². The van der Waals surface area contributed by atoms with E-state index in [-0.39, 0.29) is 0 Å². The highest BCUT2D eigenvalue weighted by Crippen LogP contribution is 2.39. The number of nitrogens with one attached hydrogen (secondary N) is 1. The third-order valence-corrected chi connectivity index (χ3v) is 6.18. The van der Waals surface area contributed by atoms with Crippen LogP contribution in [0, 0.1) is 0 Å². The number of nitrogens with zero attached hydrogens (tertiary/aromatic N) is 5. The first kappa shape index (κ1) is 21.8. The molecule has 0 saturated carbocycles. The lowest BCUT2D eigenvalue weighted by molar-refractivity contribution is 0.324. The average molecular weight is 461 g/mol. The maximum absolute atomic E-state index is 5.49. The first-order valence-corrected chi connectivity index (χ1v) is 11.3. The normalized spacial score (nSPS) is 15.5. The van der Waals surface area contributed by atoms with Crippen molar-refractivity contribution in [3.8, 4) is 22.9 Å². The fourth-order valence-corrected chi connectivity index (χ4v) is 4.38. The van der Waals surface area contributed by atoms with Crippen LogP contribution in [0.4, 0.5) is 17.6 Å². The van der Waals surface area contributed by atoms with Crippen molar-refractivity contribution in [1.29, 1.82) is 0 Å². The van der Waals surface area contributed by atoms with E-state index in [0.29, 0.717) is 29.1 Å². The monoisotopic (exact) mass is 460 g/mol. The zero-order valence-corrected chi connectivity index (χ0v) is 19.8. The Balaban J connectivity index is 1.50. The predicted octanol–water partition coefficient (Wildman–Crippen LogP) is 4.57. The van der Waals surface area contributed by atoms with Crippen LogP contribution in [-0.2, 0) is 0 Å². The second-order valence-electron chi connectivity index (χ2n) is 8.25. The maximum atomic E-state index is 5.49. The SMILES string of the molecule is COc1cc(-n2cnc(Nc3nc(N4CCC[C@H]4C)nc4ccccc34)c2)cc(OC)c1OC. The molecule has 2 aromatic heterocycles. The number of hydrogen-bond donors (Lipinski definition) is 1. The van der Waals surface area contributed by atoms with Crippen LogP contribution in [-0.4, -0.2) is 53.4 Å². The number of imidazole rings is 1. The van der Waals surface area contributed by atoms with E-state index in [9.17, 15) is 0 Å². The first-order chi connectivity index (χ1) is 16.6. The van der Waals surface area contributed by atoms with Gasteiger partial charge in [-0.05, 0) is 31.9 Å². The number of methoxy groups -OCH3 is 3. The topological polar surface area (TPSA) is 86.6 Å². The molecule has 1 saturated heterocycles. The van der Waals surface area contributed by atoms with Gasteiger partial charge >= 0.3 is 0 Å². The Kier molecular flexibility index (Phi) is 5.83. The number of rotatable bonds is 7. The lowest BCUT2D eigenvalue weighted by Crippen LogP contribution is -2.28. The third kappa shape index (κ3) is 3.93. The Bertz CT molecular complexity index is 1300. The van der Waals surface area contributed by atoms with E-state index in [1.54, 1.807) is 27.7 Å². The van der Waals surface area contributed by atoms with Crippen molar-refractivity contribution < 1.29 is 14.2 Å². The van der Waals surface area contributed by atoms with Crippen LogP contribution in [0.2, 0.25) is 0 Å². The van der Waals surface area contributed by atoms with E-state index >= 15 is 0 Å². The van der Waals surface area contributed by atoms with Crippen molar-refractivity contribution in [2.24, 2.45) is 0 Å². The number of benzene rings is 2. The molecule has 0 amide bonds. The Morgan fingerprint density at radius 1 is 1.00 bits per heavy atom. The van der Waals surface area contributed by atoms with Crippen molar-refractivity contribution in [1.82, 2.24) is 19.5 Å². The molecule has 5 rings (SSSR count). The van der Waals surface area contributed by atoms with Gasteiger partial charge in [0, 0.05) is 30.1 Å². The van der Waals surface area contributed by atoms with E-state index in [4.69, 9.17) is 24.2 Å². The summed E-state index contributed by atoms with van der Waals surface area (Å²) in [6, 6.07) is 12.2. The van der Waals surface area contributed by atoms with Crippen LogP contribution in [0.5, 0.6) is 17.2 Å². The summed E-state index contributed by atoms with van der Waals surface area (Å²) in [5, 5.41) is 4.34. The van der Waals surface area contributed by atoms with E-state index in [0.717, 1.165) is 47.7 Å². The molecular weight excluding hydrogens is 432 g/mol. The van der Waals surface area contributed by atoms with Gasteiger partial charge in [-0.25, -0.2) is 9.97 Å². The van der Waals surface area contributed by atoms with Gasteiger partial charge in [-0.2, -0.15) is 4.98 Å². The van der Waals surface area contributed by atoms with Gasteiger partial charge in [-0.1, -0.05) is 12.1 Å². The number of fused-ring (bicyclic) bond motifs is 1. The highest BCUT2D eigenvalue weighted by Gasteiger charge is 2.24. The van der Waals surface area contributed by atoms with Gasteiger partial charge in [0.25, 0.3) is 0 Å². The van der Waals surface area contributed by atoms with Crippen LogP contribution in [0.25, 0.3) is 16.6 Å². The van der Waals surface area contributed by atoms with Crippen LogP contribution < -0.4 is 24.4 Å². The van der Waals surface area contributed by atoms with Crippen LogP contribution in [0.1, 0.15) is 19.8 Å². The molecule has 176 valence electrons. The highest BCUT2D eigenvalue weighted by molar-refractivity contribution is 5.91.